The lowest BCUT2D eigenvalue weighted by atomic mass is 10.2. The number of halogens is 2. The molecule has 0 aliphatic heterocycles. The van der Waals surface area contributed by atoms with E-state index in [0.29, 0.717) is 16.6 Å². The first-order valence-corrected chi connectivity index (χ1v) is 5.79. The Morgan fingerprint density at radius 1 is 1.35 bits per heavy atom. The SMILES string of the molecule is C=C(C)CNC(=O)/C=C/c1cc(Cl)cc(Cl)c1. The third-order valence-corrected chi connectivity index (χ3v) is 2.31. The van der Waals surface area contributed by atoms with E-state index in [1.54, 1.807) is 24.3 Å². The van der Waals surface area contributed by atoms with E-state index < -0.39 is 0 Å². The zero-order chi connectivity index (χ0) is 12.8. The maximum atomic E-state index is 11.4. The molecule has 0 aliphatic rings. The predicted octanol–water partition coefficient (Wildman–Crippen LogP) is 3.70. The van der Waals surface area contributed by atoms with Gasteiger partial charge < -0.3 is 5.32 Å². The van der Waals surface area contributed by atoms with E-state index in [-0.39, 0.29) is 5.91 Å². The molecule has 4 heteroatoms. The molecule has 2 nitrogen and oxygen atoms in total. The minimum atomic E-state index is -0.177. The van der Waals surface area contributed by atoms with Gasteiger partial charge in [-0.1, -0.05) is 35.4 Å². The average Bonchev–Trinajstić information content (AvgIpc) is 2.22. The van der Waals surface area contributed by atoms with Crippen LogP contribution in [-0.4, -0.2) is 12.5 Å². The second kappa shape index (κ2) is 6.48. The van der Waals surface area contributed by atoms with Crippen molar-refractivity contribution in [1.29, 1.82) is 0 Å². The van der Waals surface area contributed by atoms with Crippen LogP contribution in [0.15, 0.2) is 36.4 Å². The predicted molar refractivity (Wildman–Crippen MR) is 73.3 cm³/mol. The number of hydrogen-bond donors (Lipinski definition) is 1. The minimum absolute atomic E-state index is 0.177. The van der Waals surface area contributed by atoms with Gasteiger partial charge >= 0.3 is 0 Å². The molecule has 1 amide bonds. The number of carbonyl (C=O) groups is 1. The van der Waals surface area contributed by atoms with E-state index in [2.05, 4.69) is 11.9 Å². The summed E-state index contributed by atoms with van der Waals surface area (Å²) in [5, 5.41) is 3.77. The van der Waals surface area contributed by atoms with Crippen LogP contribution in [0.1, 0.15) is 12.5 Å². The van der Waals surface area contributed by atoms with Crippen molar-refractivity contribution in [2.75, 3.05) is 6.54 Å². The van der Waals surface area contributed by atoms with Gasteiger partial charge in [-0.15, -0.1) is 0 Å². The maximum absolute atomic E-state index is 11.4. The molecule has 90 valence electrons. The Hall–Kier alpha value is -1.25. The lowest BCUT2D eigenvalue weighted by Gasteiger charge is -2.00. The molecule has 1 aromatic carbocycles. The first kappa shape index (κ1) is 13.8. The first-order chi connectivity index (χ1) is 7.97. The van der Waals surface area contributed by atoms with Crippen molar-refractivity contribution < 1.29 is 4.79 Å². The van der Waals surface area contributed by atoms with Crippen molar-refractivity contribution >= 4 is 35.2 Å². The van der Waals surface area contributed by atoms with E-state index in [4.69, 9.17) is 23.2 Å². The summed E-state index contributed by atoms with van der Waals surface area (Å²) >= 11 is 11.7. The Morgan fingerprint density at radius 3 is 2.47 bits per heavy atom. The van der Waals surface area contributed by atoms with Crippen molar-refractivity contribution in [2.24, 2.45) is 0 Å². The highest BCUT2D eigenvalue weighted by Gasteiger charge is 1.97. The molecule has 0 saturated heterocycles. The molecule has 0 atom stereocenters. The van der Waals surface area contributed by atoms with Gasteiger partial charge in [0.05, 0.1) is 0 Å². The molecule has 0 aliphatic carbocycles. The van der Waals surface area contributed by atoms with Gasteiger partial charge in [0.25, 0.3) is 0 Å². The second-order valence-electron chi connectivity index (χ2n) is 3.71. The molecular formula is C13H13Cl2NO. The van der Waals surface area contributed by atoms with Gasteiger partial charge in [-0.2, -0.15) is 0 Å². The van der Waals surface area contributed by atoms with Crippen molar-refractivity contribution in [2.45, 2.75) is 6.92 Å². The number of rotatable bonds is 4. The van der Waals surface area contributed by atoms with Crippen molar-refractivity contribution in [1.82, 2.24) is 5.32 Å². The quantitative estimate of drug-likeness (QED) is 0.656. The topological polar surface area (TPSA) is 29.1 Å². The van der Waals surface area contributed by atoms with Crippen molar-refractivity contribution in [3.63, 3.8) is 0 Å². The van der Waals surface area contributed by atoms with E-state index in [1.165, 1.54) is 6.08 Å². The summed E-state index contributed by atoms with van der Waals surface area (Å²) in [6.07, 6.45) is 3.09. The fourth-order valence-corrected chi connectivity index (χ4v) is 1.68. The van der Waals surface area contributed by atoms with Crippen LogP contribution in [0.3, 0.4) is 0 Å². The van der Waals surface area contributed by atoms with Crippen LogP contribution in [0, 0.1) is 0 Å². The molecule has 0 unspecified atom stereocenters. The van der Waals surface area contributed by atoms with E-state index in [9.17, 15) is 4.79 Å². The molecule has 0 saturated carbocycles. The Kier molecular flexibility index (Phi) is 5.26. The molecule has 0 heterocycles. The van der Waals surface area contributed by atoms with Crippen molar-refractivity contribution in [3.8, 4) is 0 Å². The summed E-state index contributed by atoms with van der Waals surface area (Å²) in [5.74, 6) is -0.177. The Bertz CT molecular complexity index is 446. The minimum Gasteiger partial charge on any atom is -0.349 e. The lowest BCUT2D eigenvalue weighted by molar-refractivity contribution is -0.116. The third kappa shape index (κ3) is 5.57. The van der Waals surface area contributed by atoms with Crippen LogP contribution in [0.2, 0.25) is 10.0 Å². The number of nitrogens with one attached hydrogen (secondary N) is 1. The summed E-state index contributed by atoms with van der Waals surface area (Å²) in [4.78, 5) is 11.4. The molecule has 1 rings (SSSR count). The molecule has 0 fully saturated rings. The number of carbonyl (C=O) groups excluding carboxylic acids is 1. The molecule has 1 aromatic rings. The van der Waals surface area contributed by atoms with Crippen LogP contribution >= 0.6 is 23.2 Å². The standard InChI is InChI=1S/C13H13Cl2NO/c1-9(2)8-16-13(17)4-3-10-5-11(14)7-12(15)6-10/h3-7H,1,8H2,2H3,(H,16,17)/b4-3+. The summed E-state index contributed by atoms with van der Waals surface area (Å²) in [7, 11) is 0. The van der Waals surface area contributed by atoms with Crippen LogP contribution in [-0.2, 0) is 4.79 Å². The van der Waals surface area contributed by atoms with Gasteiger partial charge in [0.1, 0.15) is 0 Å². The zero-order valence-corrected chi connectivity index (χ0v) is 11.0. The van der Waals surface area contributed by atoms with Crippen LogP contribution in [0.25, 0.3) is 6.08 Å². The number of benzene rings is 1. The monoisotopic (exact) mass is 269 g/mol. The van der Waals surface area contributed by atoms with Crippen LogP contribution < -0.4 is 5.32 Å². The zero-order valence-electron chi connectivity index (χ0n) is 9.47. The van der Waals surface area contributed by atoms with Crippen LogP contribution in [0.4, 0.5) is 0 Å². The Morgan fingerprint density at radius 2 is 1.94 bits per heavy atom. The average molecular weight is 270 g/mol. The molecule has 17 heavy (non-hydrogen) atoms. The van der Waals surface area contributed by atoms with E-state index in [0.717, 1.165) is 11.1 Å². The second-order valence-corrected chi connectivity index (χ2v) is 4.58. The molecular weight excluding hydrogens is 257 g/mol. The highest BCUT2D eigenvalue weighted by atomic mass is 35.5. The Balaban J connectivity index is 2.63. The van der Waals surface area contributed by atoms with Gasteiger partial charge in [-0.25, -0.2) is 0 Å². The number of hydrogen-bond acceptors (Lipinski definition) is 1. The third-order valence-electron chi connectivity index (χ3n) is 1.88. The van der Waals surface area contributed by atoms with Gasteiger partial charge in [0, 0.05) is 22.7 Å². The summed E-state index contributed by atoms with van der Waals surface area (Å²) in [5.41, 5.74) is 1.69. The van der Waals surface area contributed by atoms with Gasteiger partial charge in [0.2, 0.25) is 5.91 Å². The van der Waals surface area contributed by atoms with Gasteiger partial charge in [0.15, 0.2) is 0 Å². The molecule has 0 aromatic heterocycles. The largest absolute Gasteiger partial charge is 0.349 e. The molecule has 0 spiro atoms. The molecule has 0 radical (unpaired) electrons. The fourth-order valence-electron chi connectivity index (χ4n) is 1.14. The number of amides is 1. The smallest absolute Gasteiger partial charge is 0.244 e. The Labute approximate surface area is 111 Å². The lowest BCUT2D eigenvalue weighted by Crippen LogP contribution is -2.22. The molecule has 1 N–H and O–H groups in total. The molecule has 0 bridgehead atoms. The summed E-state index contributed by atoms with van der Waals surface area (Å²) in [6.45, 7) is 6.01. The van der Waals surface area contributed by atoms with Crippen molar-refractivity contribution in [3.05, 3.63) is 52.0 Å². The van der Waals surface area contributed by atoms with Gasteiger partial charge in [-0.05, 0) is 36.8 Å². The van der Waals surface area contributed by atoms with E-state index >= 15 is 0 Å². The first-order valence-electron chi connectivity index (χ1n) is 5.04. The highest BCUT2D eigenvalue weighted by Crippen LogP contribution is 2.19. The fraction of sp³-hybridized carbons (Fsp3) is 0.154. The summed E-state index contributed by atoms with van der Waals surface area (Å²) in [6, 6.07) is 5.10. The van der Waals surface area contributed by atoms with Gasteiger partial charge in [-0.3, -0.25) is 4.79 Å². The highest BCUT2D eigenvalue weighted by molar-refractivity contribution is 6.34. The van der Waals surface area contributed by atoms with E-state index in [1.807, 2.05) is 6.92 Å². The maximum Gasteiger partial charge on any atom is 0.244 e. The normalized spacial score (nSPS) is 10.5. The van der Waals surface area contributed by atoms with Crippen LogP contribution in [0.5, 0.6) is 0 Å². The summed E-state index contributed by atoms with van der Waals surface area (Å²) < 4.78 is 0.